The van der Waals surface area contributed by atoms with Gasteiger partial charge in [0.15, 0.2) is 0 Å². The third kappa shape index (κ3) is 3.86. The Morgan fingerprint density at radius 1 is 1.19 bits per heavy atom. The molecule has 2 aliphatic rings. The van der Waals surface area contributed by atoms with E-state index in [2.05, 4.69) is 41.1 Å². The van der Waals surface area contributed by atoms with Gasteiger partial charge in [0.25, 0.3) is 0 Å². The van der Waals surface area contributed by atoms with Gasteiger partial charge in [-0.2, -0.15) is 0 Å². The van der Waals surface area contributed by atoms with Gasteiger partial charge >= 0.3 is 0 Å². The van der Waals surface area contributed by atoms with Crippen LogP contribution in [-0.4, -0.2) is 38.9 Å². The second kappa shape index (κ2) is 7.10. The SMILES string of the molecule is C=Cc1ccc(N2CCC(OCC3CCNCC3)C2)cc1. The summed E-state index contributed by atoms with van der Waals surface area (Å²) < 4.78 is 6.15. The monoisotopic (exact) mass is 286 g/mol. The van der Waals surface area contributed by atoms with Crippen molar-refractivity contribution >= 4 is 11.8 Å². The lowest BCUT2D eigenvalue weighted by atomic mass is 9.99. The van der Waals surface area contributed by atoms with Crippen molar-refractivity contribution in [3.8, 4) is 0 Å². The smallest absolute Gasteiger partial charge is 0.0766 e. The van der Waals surface area contributed by atoms with Gasteiger partial charge in [-0.15, -0.1) is 0 Å². The fourth-order valence-electron chi connectivity index (χ4n) is 3.24. The first-order valence-corrected chi connectivity index (χ1v) is 8.15. The first-order valence-electron chi connectivity index (χ1n) is 8.15. The van der Waals surface area contributed by atoms with Crippen molar-refractivity contribution in [3.05, 3.63) is 36.4 Å². The summed E-state index contributed by atoms with van der Waals surface area (Å²) in [5.41, 5.74) is 2.48. The van der Waals surface area contributed by atoms with Crippen molar-refractivity contribution < 1.29 is 4.74 Å². The lowest BCUT2D eigenvalue weighted by Crippen LogP contribution is -2.31. The molecule has 3 nitrogen and oxygen atoms in total. The Hall–Kier alpha value is -1.32. The molecule has 2 heterocycles. The van der Waals surface area contributed by atoms with Crippen LogP contribution in [0.1, 0.15) is 24.8 Å². The molecule has 0 radical (unpaired) electrons. The second-order valence-corrected chi connectivity index (χ2v) is 6.18. The number of piperidine rings is 1. The highest BCUT2D eigenvalue weighted by molar-refractivity contribution is 5.55. The highest BCUT2D eigenvalue weighted by Crippen LogP contribution is 2.23. The largest absolute Gasteiger partial charge is 0.376 e. The number of rotatable bonds is 5. The van der Waals surface area contributed by atoms with E-state index in [1.54, 1.807) is 0 Å². The van der Waals surface area contributed by atoms with Crippen LogP contribution in [0.5, 0.6) is 0 Å². The van der Waals surface area contributed by atoms with E-state index < -0.39 is 0 Å². The van der Waals surface area contributed by atoms with E-state index in [-0.39, 0.29) is 0 Å². The molecule has 2 saturated heterocycles. The van der Waals surface area contributed by atoms with E-state index in [1.165, 1.54) is 24.1 Å². The minimum Gasteiger partial charge on any atom is -0.376 e. The fourth-order valence-corrected chi connectivity index (χ4v) is 3.24. The third-order valence-electron chi connectivity index (χ3n) is 4.67. The van der Waals surface area contributed by atoms with Crippen LogP contribution in [0, 0.1) is 5.92 Å². The zero-order valence-electron chi connectivity index (χ0n) is 12.8. The molecule has 2 fully saturated rings. The van der Waals surface area contributed by atoms with Crippen molar-refractivity contribution in [1.82, 2.24) is 5.32 Å². The van der Waals surface area contributed by atoms with Gasteiger partial charge in [-0.1, -0.05) is 24.8 Å². The van der Waals surface area contributed by atoms with Crippen LogP contribution in [-0.2, 0) is 4.74 Å². The number of nitrogens with one attached hydrogen (secondary N) is 1. The van der Waals surface area contributed by atoms with Crippen molar-refractivity contribution in [2.75, 3.05) is 37.7 Å². The second-order valence-electron chi connectivity index (χ2n) is 6.18. The molecule has 1 aromatic rings. The van der Waals surface area contributed by atoms with E-state index in [4.69, 9.17) is 4.74 Å². The number of benzene rings is 1. The summed E-state index contributed by atoms with van der Waals surface area (Å²) in [5.74, 6) is 0.757. The van der Waals surface area contributed by atoms with Gasteiger partial charge in [0.2, 0.25) is 0 Å². The van der Waals surface area contributed by atoms with Gasteiger partial charge in [-0.05, 0) is 56.0 Å². The van der Waals surface area contributed by atoms with E-state index in [1.807, 2.05) is 6.08 Å². The molecule has 3 rings (SSSR count). The van der Waals surface area contributed by atoms with Crippen LogP contribution >= 0.6 is 0 Å². The molecule has 2 aliphatic heterocycles. The van der Waals surface area contributed by atoms with E-state index >= 15 is 0 Å². The molecular formula is C18H26N2O. The summed E-state index contributed by atoms with van der Waals surface area (Å²) in [4.78, 5) is 2.43. The van der Waals surface area contributed by atoms with Gasteiger partial charge in [-0.25, -0.2) is 0 Å². The maximum atomic E-state index is 6.15. The molecule has 0 spiro atoms. The van der Waals surface area contributed by atoms with E-state index in [0.29, 0.717) is 6.10 Å². The lowest BCUT2D eigenvalue weighted by molar-refractivity contribution is 0.0347. The number of hydrogen-bond acceptors (Lipinski definition) is 3. The zero-order valence-corrected chi connectivity index (χ0v) is 12.8. The van der Waals surface area contributed by atoms with Crippen LogP contribution in [0.25, 0.3) is 6.08 Å². The van der Waals surface area contributed by atoms with Gasteiger partial charge in [0.05, 0.1) is 6.10 Å². The van der Waals surface area contributed by atoms with Crippen LogP contribution in [0.15, 0.2) is 30.8 Å². The molecule has 0 bridgehead atoms. The van der Waals surface area contributed by atoms with Gasteiger partial charge in [-0.3, -0.25) is 0 Å². The molecule has 1 aromatic carbocycles. The zero-order chi connectivity index (χ0) is 14.5. The Balaban J connectivity index is 1.46. The number of hydrogen-bond donors (Lipinski definition) is 1. The highest BCUT2D eigenvalue weighted by Gasteiger charge is 2.24. The minimum atomic E-state index is 0.402. The minimum absolute atomic E-state index is 0.402. The maximum absolute atomic E-state index is 6.15. The van der Waals surface area contributed by atoms with Crippen LogP contribution in [0.4, 0.5) is 5.69 Å². The van der Waals surface area contributed by atoms with E-state index in [9.17, 15) is 0 Å². The van der Waals surface area contributed by atoms with Gasteiger partial charge in [0.1, 0.15) is 0 Å². The summed E-state index contributed by atoms with van der Waals surface area (Å²) in [6, 6.07) is 8.63. The molecule has 21 heavy (non-hydrogen) atoms. The first-order chi connectivity index (χ1) is 10.3. The van der Waals surface area contributed by atoms with Crippen molar-refractivity contribution in [2.45, 2.75) is 25.4 Å². The number of ether oxygens (including phenoxy) is 1. The lowest BCUT2D eigenvalue weighted by Gasteiger charge is -2.24. The number of nitrogens with zero attached hydrogens (tertiary/aromatic N) is 1. The van der Waals surface area contributed by atoms with Crippen molar-refractivity contribution in [2.24, 2.45) is 5.92 Å². The highest BCUT2D eigenvalue weighted by atomic mass is 16.5. The van der Waals surface area contributed by atoms with Gasteiger partial charge < -0.3 is 15.0 Å². The number of anilines is 1. The summed E-state index contributed by atoms with van der Waals surface area (Å²) >= 11 is 0. The summed E-state index contributed by atoms with van der Waals surface area (Å²) in [6.07, 6.45) is 5.96. The summed E-state index contributed by atoms with van der Waals surface area (Å²) in [6.45, 7) is 9.18. The first kappa shape index (κ1) is 14.6. The topological polar surface area (TPSA) is 24.5 Å². The Morgan fingerprint density at radius 3 is 2.67 bits per heavy atom. The fraction of sp³-hybridized carbons (Fsp3) is 0.556. The van der Waals surface area contributed by atoms with Crippen molar-refractivity contribution in [1.29, 1.82) is 0 Å². The molecule has 0 amide bonds. The van der Waals surface area contributed by atoms with Gasteiger partial charge in [0, 0.05) is 25.4 Å². The Labute approximate surface area is 128 Å². The Kier molecular flexibility index (Phi) is 4.94. The average molecular weight is 286 g/mol. The van der Waals surface area contributed by atoms with Crippen molar-refractivity contribution in [3.63, 3.8) is 0 Å². The molecule has 3 heteroatoms. The molecule has 1 N–H and O–H groups in total. The quantitative estimate of drug-likeness (QED) is 0.900. The Bertz CT molecular complexity index is 451. The summed E-state index contributed by atoms with van der Waals surface area (Å²) in [7, 11) is 0. The third-order valence-corrected chi connectivity index (χ3v) is 4.67. The molecule has 114 valence electrons. The molecule has 0 aromatic heterocycles. The van der Waals surface area contributed by atoms with Crippen LogP contribution in [0.2, 0.25) is 0 Å². The summed E-state index contributed by atoms with van der Waals surface area (Å²) in [5, 5.41) is 3.41. The van der Waals surface area contributed by atoms with E-state index in [0.717, 1.165) is 45.1 Å². The normalized spacial score (nSPS) is 23.4. The van der Waals surface area contributed by atoms with Crippen LogP contribution < -0.4 is 10.2 Å². The molecule has 1 atom stereocenters. The molecular weight excluding hydrogens is 260 g/mol. The van der Waals surface area contributed by atoms with Crippen LogP contribution in [0.3, 0.4) is 0 Å². The average Bonchev–Trinajstić information content (AvgIpc) is 3.03. The maximum Gasteiger partial charge on any atom is 0.0766 e. The molecule has 0 saturated carbocycles. The Morgan fingerprint density at radius 2 is 1.95 bits per heavy atom. The standard InChI is InChI=1S/C18H26N2O/c1-2-15-3-5-17(6-4-15)20-12-9-18(13-20)21-14-16-7-10-19-11-8-16/h2-6,16,18-19H,1,7-14H2. The predicted octanol–water partition coefficient (Wildman–Crippen LogP) is 2.92. The predicted molar refractivity (Wildman–Crippen MR) is 88.7 cm³/mol. The molecule has 0 aliphatic carbocycles. The molecule has 1 unspecified atom stereocenters.